The molecule has 82 valence electrons. The maximum Gasteiger partial charge on any atom is 0.213 e. The van der Waals surface area contributed by atoms with Crippen LogP contribution in [0.3, 0.4) is 0 Å². The number of ether oxygens (including phenoxy) is 2. The van der Waals surface area contributed by atoms with Crippen LogP contribution < -0.4 is 4.74 Å². The van der Waals surface area contributed by atoms with Crippen molar-refractivity contribution in [1.82, 2.24) is 4.98 Å². The Morgan fingerprint density at radius 3 is 3.07 bits per heavy atom. The predicted molar refractivity (Wildman–Crippen MR) is 58.1 cm³/mol. The van der Waals surface area contributed by atoms with E-state index in [2.05, 4.69) is 4.98 Å². The second kappa shape index (κ2) is 5.12. The number of hydrogen-bond donors (Lipinski definition) is 0. The average Bonchev–Trinajstić information content (AvgIpc) is 2.30. The lowest BCUT2D eigenvalue weighted by atomic mass is 10.1. The lowest BCUT2D eigenvalue weighted by molar-refractivity contribution is -0.0119. The van der Waals surface area contributed by atoms with Crippen molar-refractivity contribution in [3.63, 3.8) is 0 Å². The largest absolute Gasteiger partial charge is 0.475 e. The molecule has 1 atom stereocenters. The molecule has 0 saturated carbocycles. The fraction of sp³-hybridized carbons (Fsp3) is 0.583. The molecular weight excluding hydrogens is 190 g/mol. The molecule has 1 aliphatic rings. The summed E-state index contributed by atoms with van der Waals surface area (Å²) in [6, 6.07) is 3.90. The zero-order valence-corrected chi connectivity index (χ0v) is 9.11. The van der Waals surface area contributed by atoms with E-state index in [0.29, 0.717) is 12.5 Å². The lowest BCUT2D eigenvalue weighted by Gasteiger charge is -2.22. The van der Waals surface area contributed by atoms with E-state index in [0.717, 1.165) is 18.6 Å². The maximum absolute atomic E-state index is 5.57. The minimum atomic E-state index is 0.252. The first-order valence-electron chi connectivity index (χ1n) is 5.51. The van der Waals surface area contributed by atoms with Gasteiger partial charge in [0.05, 0.1) is 6.10 Å². The smallest absolute Gasteiger partial charge is 0.213 e. The van der Waals surface area contributed by atoms with Gasteiger partial charge < -0.3 is 9.47 Å². The molecule has 0 N–H and O–H groups in total. The van der Waals surface area contributed by atoms with Crippen molar-refractivity contribution in [3.8, 4) is 5.88 Å². The normalized spacial score (nSPS) is 21.3. The summed E-state index contributed by atoms with van der Waals surface area (Å²) in [4.78, 5) is 4.18. The van der Waals surface area contributed by atoms with E-state index in [9.17, 15) is 0 Å². The van der Waals surface area contributed by atoms with Gasteiger partial charge in [-0.1, -0.05) is 6.07 Å². The summed E-state index contributed by atoms with van der Waals surface area (Å²) in [5.74, 6) is 0.690. The van der Waals surface area contributed by atoms with Gasteiger partial charge in [0.1, 0.15) is 6.61 Å². The Balaban J connectivity index is 1.79. The van der Waals surface area contributed by atoms with Gasteiger partial charge in [-0.05, 0) is 31.7 Å². The first kappa shape index (κ1) is 10.4. The van der Waals surface area contributed by atoms with Crippen LogP contribution in [-0.4, -0.2) is 24.3 Å². The van der Waals surface area contributed by atoms with E-state index < -0.39 is 0 Å². The number of pyridine rings is 1. The van der Waals surface area contributed by atoms with Gasteiger partial charge in [-0.3, -0.25) is 0 Å². The minimum absolute atomic E-state index is 0.252. The summed E-state index contributed by atoms with van der Waals surface area (Å²) in [5, 5.41) is 0. The highest BCUT2D eigenvalue weighted by Gasteiger charge is 2.14. The lowest BCUT2D eigenvalue weighted by Crippen LogP contribution is -2.25. The molecule has 1 aromatic heterocycles. The number of aryl methyl sites for hydroxylation is 1. The Morgan fingerprint density at radius 2 is 2.40 bits per heavy atom. The van der Waals surface area contributed by atoms with Gasteiger partial charge in [0, 0.05) is 18.9 Å². The van der Waals surface area contributed by atoms with E-state index in [1.54, 1.807) is 0 Å². The van der Waals surface area contributed by atoms with E-state index >= 15 is 0 Å². The monoisotopic (exact) mass is 207 g/mol. The van der Waals surface area contributed by atoms with Crippen LogP contribution in [-0.2, 0) is 4.74 Å². The fourth-order valence-corrected chi connectivity index (χ4v) is 1.66. The third-order valence-electron chi connectivity index (χ3n) is 2.58. The number of nitrogens with zero attached hydrogens (tertiary/aromatic N) is 1. The van der Waals surface area contributed by atoms with Crippen LogP contribution in [0.5, 0.6) is 5.88 Å². The van der Waals surface area contributed by atoms with Gasteiger partial charge in [-0.15, -0.1) is 0 Å². The molecule has 15 heavy (non-hydrogen) atoms. The number of rotatable bonds is 3. The molecule has 1 unspecified atom stereocenters. The third-order valence-corrected chi connectivity index (χ3v) is 2.58. The maximum atomic E-state index is 5.57. The van der Waals surface area contributed by atoms with E-state index in [1.807, 2.05) is 25.3 Å². The summed E-state index contributed by atoms with van der Waals surface area (Å²) < 4.78 is 11.1. The molecule has 0 amide bonds. The van der Waals surface area contributed by atoms with Crippen LogP contribution in [0.1, 0.15) is 24.8 Å². The number of aromatic nitrogens is 1. The van der Waals surface area contributed by atoms with E-state index in [4.69, 9.17) is 9.47 Å². The van der Waals surface area contributed by atoms with Crippen LogP contribution in [0, 0.1) is 6.92 Å². The van der Waals surface area contributed by atoms with Crippen molar-refractivity contribution in [2.24, 2.45) is 0 Å². The fourth-order valence-electron chi connectivity index (χ4n) is 1.66. The Labute approximate surface area is 90.4 Å². The average molecular weight is 207 g/mol. The van der Waals surface area contributed by atoms with Gasteiger partial charge in [-0.25, -0.2) is 4.98 Å². The van der Waals surface area contributed by atoms with Gasteiger partial charge >= 0.3 is 0 Å². The summed E-state index contributed by atoms with van der Waals surface area (Å²) >= 11 is 0. The first-order valence-corrected chi connectivity index (χ1v) is 5.51. The molecule has 0 aromatic carbocycles. The van der Waals surface area contributed by atoms with Gasteiger partial charge in [0.25, 0.3) is 0 Å². The van der Waals surface area contributed by atoms with Crippen LogP contribution in [0.25, 0.3) is 0 Å². The minimum Gasteiger partial charge on any atom is -0.475 e. The molecule has 0 spiro atoms. The van der Waals surface area contributed by atoms with Crippen molar-refractivity contribution < 1.29 is 9.47 Å². The SMILES string of the molecule is Cc1ccc(OCC2CCCCO2)nc1. The van der Waals surface area contributed by atoms with Crippen LogP contribution in [0.2, 0.25) is 0 Å². The Kier molecular flexibility index (Phi) is 3.56. The third kappa shape index (κ3) is 3.20. The van der Waals surface area contributed by atoms with Gasteiger partial charge in [0.2, 0.25) is 5.88 Å². The molecule has 0 radical (unpaired) electrons. The Hall–Kier alpha value is -1.09. The standard InChI is InChI=1S/C12H17NO2/c1-10-5-6-12(13-8-10)15-9-11-4-2-3-7-14-11/h5-6,8,11H,2-4,7,9H2,1H3. The highest BCUT2D eigenvalue weighted by molar-refractivity contribution is 5.16. The summed E-state index contributed by atoms with van der Waals surface area (Å²) in [6.07, 6.45) is 5.60. The molecule has 2 rings (SSSR count). The zero-order valence-electron chi connectivity index (χ0n) is 9.11. The molecule has 1 saturated heterocycles. The molecule has 3 heteroatoms. The van der Waals surface area contributed by atoms with Crippen LogP contribution >= 0.6 is 0 Å². The Morgan fingerprint density at radius 1 is 1.47 bits per heavy atom. The quantitative estimate of drug-likeness (QED) is 0.762. The molecule has 1 aliphatic heterocycles. The topological polar surface area (TPSA) is 31.4 Å². The van der Waals surface area contributed by atoms with Crippen molar-refractivity contribution in [1.29, 1.82) is 0 Å². The molecule has 2 heterocycles. The highest BCUT2D eigenvalue weighted by Crippen LogP contribution is 2.14. The number of hydrogen-bond acceptors (Lipinski definition) is 3. The van der Waals surface area contributed by atoms with Gasteiger partial charge in [0.15, 0.2) is 0 Å². The van der Waals surface area contributed by atoms with Crippen molar-refractivity contribution in [2.45, 2.75) is 32.3 Å². The van der Waals surface area contributed by atoms with E-state index in [-0.39, 0.29) is 6.10 Å². The second-order valence-electron chi connectivity index (χ2n) is 3.97. The highest BCUT2D eigenvalue weighted by atomic mass is 16.5. The van der Waals surface area contributed by atoms with Crippen molar-refractivity contribution in [3.05, 3.63) is 23.9 Å². The molecule has 0 aliphatic carbocycles. The summed E-state index contributed by atoms with van der Waals surface area (Å²) in [7, 11) is 0. The summed E-state index contributed by atoms with van der Waals surface area (Å²) in [5.41, 5.74) is 1.15. The Bertz CT molecular complexity index is 291. The first-order chi connectivity index (χ1) is 7.34. The van der Waals surface area contributed by atoms with Crippen molar-refractivity contribution in [2.75, 3.05) is 13.2 Å². The molecular formula is C12H17NO2. The van der Waals surface area contributed by atoms with Crippen molar-refractivity contribution >= 4 is 0 Å². The van der Waals surface area contributed by atoms with Gasteiger partial charge in [-0.2, -0.15) is 0 Å². The zero-order chi connectivity index (χ0) is 10.5. The van der Waals surface area contributed by atoms with Crippen LogP contribution in [0.15, 0.2) is 18.3 Å². The van der Waals surface area contributed by atoms with E-state index in [1.165, 1.54) is 12.8 Å². The molecule has 3 nitrogen and oxygen atoms in total. The molecule has 1 fully saturated rings. The second-order valence-corrected chi connectivity index (χ2v) is 3.97. The summed E-state index contributed by atoms with van der Waals surface area (Å²) in [6.45, 7) is 3.51. The van der Waals surface area contributed by atoms with Crippen LogP contribution in [0.4, 0.5) is 0 Å². The molecule has 1 aromatic rings. The predicted octanol–water partition coefficient (Wildman–Crippen LogP) is 2.34. The molecule has 0 bridgehead atoms.